The lowest BCUT2D eigenvalue weighted by Gasteiger charge is -2.28. The van der Waals surface area contributed by atoms with E-state index in [4.69, 9.17) is 14.2 Å². The Balaban J connectivity index is 1.55. The van der Waals surface area contributed by atoms with E-state index in [2.05, 4.69) is 0 Å². The largest absolute Gasteiger partial charge is 0.493 e. The second-order valence-corrected chi connectivity index (χ2v) is 9.37. The maximum Gasteiger partial charge on any atom is 0.331 e. The molecule has 9 heteroatoms. The molecule has 158 valence electrons. The highest BCUT2D eigenvalue weighted by Gasteiger charge is 2.42. The van der Waals surface area contributed by atoms with Gasteiger partial charge in [0.1, 0.15) is 0 Å². The van der Waals surface area contributed by atoms with Gasteiger partial charge >= 0.3 is 5.97 Å². The van der Waals surface area contributed by atoms with Crippen molar-refractivity contribution in [3.63, 3.8) is 0 Å². The van der Waals surface area contributed by atoms with E-state index in [0.717, 1.165) is 12.8 Å². The Bertz CT molecular complexity index is 905. The van der Waals surface area contributed by atoms with Crippen molar-refractivity contribution in [2.75, 3.05) is 32.3 Å². The van der Waals surface area contributed by atoms with Crippen LogP contribution in [-0.2, 0) is 24.2 Å². The minimum absolute atomic E-state index is 0.0115. The van der Waals surface area contributed by atoms with Gasteiger partial charge in [-0.15, -0.1) is 0 Å². The summed E-state index contributed by atoms with van der Waals surface area (Å²) in [7, 11) is -0.0375. The molecule has 1 aromatic rings. The van der Waals surface area contributed by atoms with Crippen LogP contribution >= 0.6 is 0 Å². The Morgan fingerprint density at radius 2 is 1.83 bits per heavy atom. The lowest BCUT2D eigenvalue weighted by atomic mass is 10.2. The molecule has 1 amide bonds. The fourth-order valence-electron chi connectivity index (χ4n) is 3.43. The highest BCUT2D eigenvalue weighted by Crippen LogP contribution is 2.32. The quantitative estimate of drug-likeness (QED) is 0.461. The van der Waals surface area contributed by atoms with Crippen LogP contribution in [0.5, 0.6) is 11.5 Å². The Morgan fingerprint density at radius 3 is 2.41 bits per heavy atom. The van der Waals surface area contributed by atoms with E-state index < -0.39 is 22.4 Å². The first-order valence-electron chi connectivity index (χ1n) is 9.41. The standard InChI is InChI=1S/C20H25NO7S/c1-26-17-7-3-14(11-18(17)27-2)4-8-20(23)28-12-19(22)21(15-5-6-15)16-9-10-29(24,25)13-16/h3-4,7-8,11,15-16H,5-6,9-10,12-13H2,1-2H3/b8-4+/t16-/m0/s1. The molecule has 1 saturated heterocycles. The maximum absolute atomic E-state index is 12.6. The van der Waals surface area contributed by atoms with Gasteiger partial charge in [0.15, 0.2) is 27.9 Å². The number of sulfone groups is 1. The zero-order valence-electron chi connectivity index (χ0n) is 16.5. The molecule has 2 fully saturated rings. The molecular weight excluding hydrogens is 398 g/mol. The van der Waals surface area contributed by atoms with Crippen LogP contribution in [0, 0.1) is 0 Å². The van der Waals surface area contributed by atoms with E-state index in [-0.39, 0.29) is 29.5 Å². The van der Waals surface area contributed by atoms with E-state index in [1.807, 2.05) is 0 Å². The molecule has 1 heterocycles. The molecule has 0 unspecified atom stereocenters. The van der Waals surface area contributed by atoms with Gasteiger partial charge < -0.3 is 19.1 Å². The highest BCUT2D eigenvalue weighted by molar-refractivity contribution is 7.91. The third-order valence-corrected chi connectivity index (χ3v) is 6.74. The molecule has 1 atom stereocenters. The third kappa shape index (κ3) is 5.50. The molecule has 1 aromatic carbocycles. The molecule has 29 heavy (non-hydrogen) atoms. The molecule has 1 saturated carbocycles. The minimum atomic E-state index is -3.09. The van der Waals surface area contributed by atoms with E-state index in [0.29, 0.717) is 23.5 Å². The Kier molecular flexibility index (Phi) is 6.46. The van der Waals surface area contributed by atoms with Gasteiger partial charge in [0, 0.05) is 18.2 Å². The smallest absolute Gasteiger partial charge is 0.331 e. The molecular formula is C20H25NO7S. The summed E-state index contributed by atoms with van der Waals surface area (Å²) in [5.74, 6) is 0.201. The fourth-order valence-corrected chi connectivity index (χ4v) is 5.14. The number of esters is 1. The van der Waals surface area contributed by atoms with Gasteiger partial charge in [-0.2, -0.15) is 0 Å². The molecule has 0 aromatic heterocycles. The third-order valence-electron chi connectivity index (χ3n) is 4.99. The van der Waals surface area contributed by atoms with E-state index in [1.54, 1.807) is 29.2 Å². The van der Waals surface area contributed by atoms with Crippen molar-refractivity contribution >= 4 is 27.8 Å². The summed E-state index contributed by atoms with van der Waals surface area (Å²) in [6, 6.07) is 4.92. The number of methoxy groups -OCH3 is 2. The number of ether oxygens (including phenoxy) is 3. The first kappa shape index (κ1) is 21.2. The summed E-state index contributed by atoms with van der Waals surface area (Å²) >= 11 is 0. The van der Waals surface area contributed by atoms with Gasteiger partial charge in [-0.05, 0) is 43.0 Å². The summed E-state index contributed by atoms with van der Waals surface area (Å²) in [6.07, 6.45) is 4.94. The number of hydrogen-bond donors (Lipinski definition) is 0. The SMILES string of the molecule is COc1ccc(/C=C/C(=O)OCC(=O)N(C2CC2)[C@H]2CCS(=O)(=O)C2)cc1OC. The first-order chi connectivity index (χ1) is 13.8. The summed E-state index contributed by atoms with van der Waals surface area (Å²) in [6.45, 7) is -0.401. The second-order valence-electron chi connectivity index (χ2n) is 7.14. The number of rotatable bonds is 8. The van der Waals surface area contributed by atoms with Crippen molar-refractivity contribution in [3.05, 3.63) is 29.8 Å². The van der Waals surface area contributed by atoms with Crippen LogP contribution in [0.15, 0.2) is 24.3 Å². The molecule has 1 aliphatic heterocycles. The van der Waals surface area contributed by atoms with Gasteiger partial charge in [0.25, 0.3) is 5.91 Å². The monoisotopic (exact) mass is 423 g/mol. The van der Waals surface area contributed by atoms with Crippen LogP contribution in [0.25, 0.3) is 6.08 Å². The summed E-state index contributed by atoms with van der Waals surface area (Å²) in [4.78, 5) is 26.2. The van der Waals surface area contributed by atoms with Crippen molar-refractivity contribution in [1.82, 2.24) is 4.90 Å². The number of hydrogen-bond acceptors (Lipinski definition) is 7. The Morgan fingerprint density at radius 1 is 1.10 bits per heavy atom. The molecule has 2 aliphatic rings. The number of nitrogens with zero attached hydrogens (tertiary/aromatic N) is 1. The van der Waals surface area contributed by atoms with Crippen LogP contribution in [0.3, 0.4) is 0 Å². The topological polar surface area (TPSA) is 99.2 Å². The van der Waals surface area contributed by atoms with Crippen LogP contribution < -0.4 is 9.47 Å². The van der Waals surface area contributed by atoms with Crippen LogP contribution in [-0.4, -0.2) is 69.6 Å². The van der Waals surface area contributed by atoms with Gasteiger partial charge in [0.2, 0.25) is 0 Å². The molecule has 1 aliphatic carbocycles. The zero-order chi connectivity index (χ0) is 21.0. The maximum atomic E-state index is 12.6. The van der Waals surface area contributed by atoms with Gasteiger partial charge in [0.05, 0.1) is 25.7 Å². The molecule has 8 nitrogen and oxygen atoms in total. The molecule has 0 spiro atoms. The number of carbonyl (C=O) groups excluding carboxylic acids is 2. The predicted octanol–water partition coefficient (Wildman–Crippen LogP) is 1.44. The van der Waals surface area contributed by atoms with E-state index in [9.17, 15) is 18.0 Å². The fraction of sp³-hybridized carbons (Fsp3) is 0.500. The molecule has 3 rings (SSSR count). The lowest BCUT2D eigenvalue weighted by molar-refractivity contribution is -0.149. The zero-order valence-corrected chi connectivity index (χ0v) is 17.3. The first-order valence-corrected chi connectivity index (χ1v) is 11.2. The average molecular weight is 423 g/mol. The van der Waals surface area contributed by atoms with Crippen molar-refractivity contribution in [2.45, 2.75) is 31.3 Å². The van der Waals surface area contributed by atoms with Gasteiger partial charge in [-0.25, -0.2) is 13.2 Å². The van der Waals surface area contributed by atoms with Crippen molar-refractivity contribution in [1.29, 1.82) is 0 Å². The average Bonchev–Trinajstić information content (AvgIpc) is 3.47. The van der Waals surface area contributed by atoms with Crippen LogP contribution in [0.4, 0.5) is 0 Å². The summed E-state index contributed by atoms with van der Waals surface area (Å²) in [5.41, 5.74) is 0.710. The van der Waals surface area contributed by atoms with Crippen molar-refractivity contribution < 1.29 is 32.2 Å². The number of carbonyl (C=O) groups is 2. The predicted molar refractivity (Wildman–Crippen MR) is 106 cm³/mol. The van der Waals surface area contributed by atoms with Crippen molar-refractivity contribution in [3.8, 4) is 11.5 Å². The number of benzene rings is 1. The normalized spacial score (nSPS) is 20.4. The van der Waals surface area contributed by atoms with Gasteiger partial charge in [-0.3, -0.25) is 4.79 Å². The summed E-state index contributed by atoms with van der Waals surface area (Å²) < 4.78 is 38.9. The van der Waals surface area contributed by atoms with Gasteiger partial charge in [-0.1, -0.05) is 6.07 Å². The van der Waals surface area contributed by atoms with Crippen LogP contribution in [0.1, 0.15) is 24.8 Å². The molecule has 0 N–H and O–H groups in total. The molecule has 0 radical (unpaired) electrons. The van der Waals surface area contributed by atoms with E-state index in [1.165, 1.54) is 20.3 Å². The Hall–Kier alpha value is -2.55. The lowest BCUT2D eigenvalue weighted by Crippen LogP contribution is -2.44. The highest BCUT2D eigenvalue weighted by atomic mass is 32.2. The Labute approximate surface area is 170 Å². The minimum Gasteiger partial charge on any atom is -0.493 e. The molecule has 0 bridgehead atoms. The summed E-state index contributed by atoms with van der Waals surface area (Å²) in [5, 5.41) is 0. The number of amides is 1. The van der Waals surface area contributed by atoms with Crippen LogP contribution in [0.2, 0.25) is 0 Å². The van der Waals surface area contributed by atoms with Crippen molar-refractivity contribution in [2.24, 2.45) is 0 Å². The van der Waals surface area contributed by atoms with E-state index >= 15 is 0 Å². The second kappa shape index (κ2) is 8.86.